The van der Waals surface area contributed by atoms with Gasteiger partial charge in [-0.2, -0.15) is 4.98 Å². The Hall–Kier alpha value is -1.68. The Morgan fingerprint density at radius 1 is 1.32 bits per heavy atom. The van der Waals surface area contributed by atoms with E-state index in [-0.39, 0.29) is 6.04 Å². The van der Waals surface area contributed by atoms with Gasteiger partial charge in [-0.1, -0.05) is 0 Å². The van der Waals surface area contributed by atoms with Gasteiger partial charge in [0.2, 0.25) is 5.95 Å². The molecule has 2 rings (SSSR count). The first-order valence-corrected chi connectivity index (χ1v) is 10.2. The minimum atomic E-state index is -2.60. The maximum Gasteiger partial charge on any atom is 0.229 e. The monoisotopic (exact) mass is 427 g/mol. The smallest absolute Gasteiger partial charge is 0.229 e. The van der Waals surface area contributed by atoms with E-state index in [1.807, 2.05) is 6.92 Å². The molecule has 9 heteroatoms. The molecule has 0 radical (unpaired) electrons. The zero-order chi connectivity index (χ0) is 18.6. The predicted octanol–water partition coefficient (Wildman–Crippen LogP) is 2.50. The summed E-state index contributed by atoms with van der Waals surface area (Å²) in [5, 5.41) is 23.1. The largest absolute Gasteiger partial charge is 0.391 e. The fourth-order valence-corrected chi connectivity index (χ4v) is 3.02. The molecule has 0 bridgehead atoms. The van der Waals surface area contributed by atoms with Crippen LogP contribution in [-0.2, 0) is 9.71 Å². The van der Waals surface area contributed by atoms with E-state index in [1.165, 1.54) is 5.37 Å². The minimum absolute atomic E-state index is 0.165. The first kappa shape index (κ1) is 19.6. The summed E-state index contributed by atoms with van der Waals surface area (Å²) in [6.07, 6.45) is 1.10. The number of nitrogens with zero attached hydrogens (tertiary/aromatic N) is 2. The lowest BCUT2D eigenvalue weighted by Gasteiger charge is -2.18. The predicted molar refractivity (Wildman–Crippen MR) is 107 cm³/mol. The molecule has 0 saturated carbocycles. The summed E-state index contributed by atoms with van der Waals surface area (Å²) in [7, 11) is -2.60. The van der Waals surface area contributed by atoms with Crippen molar-refractivity contribution in [2.24, 2.45) is 5.14 Å². The van der Waals surface area contributed by atoms with E-state index in [4.69, 9.17) is 5.14 Å². The van der Waals surface area contributed by atoms with Gasteiger partial charge in [-0.05, 0) is 66.3 Å². The number of benzene rings is 1. The lowest BCUT2D eigenvalue weighted by atomic mass is 10.2. The van der Waals surface area contributed by atoms with Crippen molar-refractivity contribution in [3.63, 3.8) is 0 Å². The lowest BCUT2D eigenvalue weighted by molar-refractivity contribution is 0.177. The van der Waals surface area contributed by atoms with E-state index in [1.54, 1.807) is 44.3 Å². The van der Waals surface area contributed by atoms with Crippen LogP contribution in [0, 0.1) is 0 Å². The lowest BCUT2D eigenvalue weighted by Crippen LogP contribution is -2.28. The van der Waals surface area contributed by atoms with Gasteiger partial charge in [-0.15, -0.1) is 0 Å². The molecule has 2 aromatic rings. The van der Waals surface area contributed by atoms with Crippen molar-refractivity contribution in [2.45, 2.75) is 37.8 Å². The number of anilines is 3. The first-order chi connectivity index (χ1) is 11.7. The molecule has 0 spiro atoms. The van der Waals surface area contributed by atoms with Crippen molar-refractivity contribution in [3.05, 3.63) is 34.9 Å². The van der Waals surface area contributed by atoms with E-state index < -0.39 is 15.8 Å². The minimum Gasteiger partial charge on any atom is -0.391 e. The van der Waals surface area contributed by atoms with Gasteiger partial charge in [-0.3, -0.25) is 5.14 Å². The van der Waals surface area contributed by atoms with Crippen LogP contribution in [-0.4, -0.2) is 36.8 Å². The highest BCUT2D eigenvalue weighted by Crippen LogP contribution is 2.23. The Bertz CT molecular complexity index is 848. The standard InChI is InChI=1S/C16H22BrN5O2S/c1-4-25(18,24)13-7-5-12(6-8-13)21-16-19-9-14(17)15(22-16)20-10(2)11(3)23/h4-11,23H,1-3H3,(H2,18,24)(H2,19,20,21,22). The molecule has 0 fully saturated rings. The highest BCUT2D eigenvalue weighted by molar-refractivity contribution is 9.10. The fourth-order valence-electron chi connectivity index (χ4n) is 1.88. The number of hydrogen-bond donors (Lipinski definition) is 4. The summed E-state index contributed by atoms with van der Waals surface area (Å²) in [4.78, 5) is 9.17. The van der Waals surface area contributed by atoms with Crippen molar-refractivity contribution in [3.8, 4) is 0 Å². The van der Waals surface area contributed by atoms with Gasteiger partial charge in [0.25, 0.3) is 0 Å². The van der Waals surface area contributed by atoms with Gasteiger partial charge in [0.05, 0.1) is 26.3 Å². The van der Waals surface area contributed by atoms with Gasteiger partial charge in [0.1, 0.15) is 5.82 Å². The molecular weight excluding hydrogens is 406 g/mol. The van der Waals surface area contributed by atoms with E-state index >= 15 is 0 Å². The van der Waals surface area contributed by atoms with Crippen molar-refractivity contribution >= 4 is 48.5 Å². The van der Waals surface area contributed by atoms with Crippen LogP contribution < -0.4 is 15.8 Å². The SMILES string of the molecule is CC=S(N)(=O)c1ccc(Nc2ncc(Br)c(NC(C)C(C)O)n2)cc1. The Labute approximate surface area is 156 Å². The van der Waals surface area contributed by atoms with Crippen molar-refractivity contribution in [1.82, 2.24) is 9.97 Å². The molecule has 0 aliphatic rings. The zero-order valence-electron chi connectivity index (χ0n) is 14.2. The molecule has 3 unspecified atom stereocenters. The summed E-state index contributed by atoms with van der Waals surface area (Å²) in [6.45, 7) is 5.24. The second kappa shape index (κ2) is 8.13. The van der Waals surface area contributed by atoms with Crippen LogP contribution in [0.1, 0.15) is 20.8 Å². The van der Waals surface area contributed by atoms with Crippen molar-refractivity contribution < 1.29 is 9.32 Å². The molecule has 3 atom stereocenters. The Morgan fingerprint density at radius 2 is 1.96 bits per heavy atom. The van der Waals surface area contributed by atoms with Gasteiger partial charge < -0.3 is 15.7 Å². The number of nitrogens with one attached hydrogen (secondary N) is 2. The van der Waals surface area contributed by atoms with Crippen LogP contribution in [0.4, 0.5) is 17.5 Å². The van der Waals surface area contributed by atoms with Gasteiger partial charge >= 0.3 is 0 Å². The van der Waals surface area contributed by atoms with Crippen LogP contribution in [0.5, 0.6) is 0 Å². The third kappa shape index (κ3) is 5.15. The Balaban J connectivity index is 2.19. The van der Waals surface area contributed by atoms with E-state index in [9.17, 15) is 9.32 Å². The average molecular weight is 428 g/mol. The van der Waals surface area contributed by atoms with Crippen LogP contribution in [0.3, 0.4) is 0 Å². The third-order valence-electron chi connectivity index (χ3n) is 3.66. The molecule has 1 heterocycles. The number of hydrogen-bond acceptors (Lipinski definition) is 6. The fraction of sp³-hybridized carbons (Fsp3) is 0.312. The highest BCUT2D eigenvalue weighted by Gasteiger charge is 2.12. The topological polar surface area (TPSA) is 113 Å². The molecule has 0 aliphatic carbocycles. The van der Waals surface area contributed by atoms with E-state index in [2.05, 4.69) is 36.5 Å². The third-order valence-corrected chi connectivity index (χ3v) is 5.95. The Kier molecular flexibility index (Phi) is 6.39. The van der Waals surface area contributed by atoms with E-state index in [0.29, 0.717) is 21.1 Å². The second-order valence-electron chi connectivity index (χ2n) is 5.60. The molecule has 136 valence electrons. The number of aromatic nitrogens is 2. The quantitative estimate of drug-likeness (QED) is 0.526. The van der Waals surface area contributed by atoms with Crippen molar-refractivity contribution in [2.75, 3.05) is 10.6 Å². The molecule has 5 N–H and O–H groups in total. The number of nitrogens with two attached hydrogens (primary N) is 1. The zero-order valence-corrected chi connectivity index (χ0v) is 16.6. The normalized spacial score (nSPS) is 15.8. The Morgan fingerprint density at radius 3 is 2.52 bits per heavy atom. The van der Waals surface area contributed by atoms with Crippen molar-refractivity contribution in [1.29, 1.82) is 0 Å². The average Bonchev–Trinajstić information content (AvgIpc) is 2.58. The second-order valence-corrected chi connectivity index (χ2v) is 8.69. The highest BCUT2D eigenvalue weighted by atomic mass is 79.9. The summed E-state index contributed by atoms with van der Waals surface area (Å²) < 4.78 is 12.8. The molecule has 0 amide bonds. The summed E-state index contributed by atoms with van der Waals surface area (Å²) >= 11 is 3.39. The maximum atomic E-state index is 12.1. The maximum absolute atomic E-state index is 12.1. The summed E-state index contributed by atoms with van der Waals surface area (Å²) in [5.74, 6) is 0.972. The van der Waals surface area contributed by atoms with Gasteiger partial charge in [0.15, 0.2) is 0 Å². The molecule has 25 heavy (non-hydrogen) atoms. The van der Waals surface area contributed by atoms with Gasteiger partial charge in [-0.25, -0.2) is 9.19 Å². The van der Waals surface area contributed by atoms with Crippen LogP contribution in [0.15, 0.2) is 39.8 Å². The number of halogens is 1. The van der Waals surface area contributed by atoms with Gasteiger partial charge in [0, 0.05) is 16.8 Å². The van der Waals surface area contributed by atoms with Crippen LogP contribution in [0.2, 0.25) is 0 Å². The molecule has 0 saturated heterocycles. The number of rotatable bonds is 6. The van der Waals surface area contributed by atoms with Crippen LogP contribution >= 0.6 is 15.9 Å². The molecule has 0 aliphatic heterocycles. The molecule has 7 nitrogen and oxygen atoms in total. The molecule has 1 aromatic heterocycles. The number of aliphatic hydroxyl groups excluding tert-OH is 1. The molecular formula is C16H22BrN5O2S. The first-order valence-electron chi connectivity index (χ1n) is 7.68. The van der Waals surface area contributed by atoms with Crippen LogP contribution in [0.25, 0.3) is 0 Å². The summed E-state index contributed by atoms with van der Waals surface area (Å²) in [6, 6.07) is 6.78. The van der Waals surface area contributed by atoms with E-state index in [0.717, 1.165) is 5.69 Å². The summed E-state index contributed by atoms with van der Waals surface area (Å²) in [5.41, 5.74) is 0.743. The molecule has 1 aromatic carbocycles. The number of aliphatic hydroxyl groups is 1.